The normalized spacial score (nSPS) is 10.3. The van der Waals surface area contributed by atoms with Crippen molar-refractivity contribution in [1.82, 2.24) is 9.97 Å². The van der Waals surface area contributed by atoms with E-state index in [0.717, 1.165) is 10.6 Å². The zero-order chi connectivity index (χ0) is 18.4. The highest BCUT2D eigenvalue weighted by Crippen LogP contribution is 2.22. The maximum absolute atomic E-state index is 13.1. The second kappa shape index (κ2) is 8.30. The van der Waals surface area contributed by atoms with E-state index in [0.29, 0.717) is 11.4 Å². The minimum absolute atomic E-state index is 0.0377. The molecule has 6 nitrogen and oxygen atoms in total. The van der Waals surface area contributed by atoms with Crippen molar-refractivity contribution in [2.45, 2.75) is 6.42 Å². The van der Waals surface area contributed by atoms with Gasteiger partial charge in [-0.3, -0.25) is 14.6 Å². The van der Waals surface area contributed by atoms with Gasteiger partial charge in [0.25, 0.3) is 5.91 Å². The lowest BCUT2D eigenvalue weighted by molar-refractivity contribution is -0.146. The summed E-state index contributed by atoms with van der Waals surface area (Å²) in [6.45, 7) is -0.449. The molecule has 1 amide bonds. The monoisotopic (exact) mass is 371 g/mol. The van der Waals surface area contributed by atoms with Gasteiger partial charge in [-0.25, -0.2) is 9.37 Å². The van der Waals surface area contributed by atoms with Gasteiger partial charge in [0.2, 0.25) is 0 Å². The minimum Gasteiger partial charge on any atom is -0.455 e. The molecule has 1 aromatic carbocycles. The summed E-state index contributed by atoms with van der Waals surface area (Å²) in [5.74, 6) is -1.58. The van der Waals surface area contributed by atoms with Crippen molar-refractivity contribution in [3.8, 4) is 10.6 Å². The number of rotatable bonds is 6. The van der Waals surface area contributed by atoms with Crippen LogP contribution >= 0.6 is 11.3 Å². The Morgan fingerprint density at radius 1 is 1.23 bits per heavy atom. The molecule has 3 aromatic rings. The van der Waals surface area contributed by atoms with Crippen LogP contribution in [0.15, 0.2) is 54.2 Å². The summed E-state index contributed by atoms with van der Waals surface area (Å²) in [4.78, 5) is 32.0. The van der Waals surface area contributed by atoms with Crippen LogP contribution in [0.2, 0.25) is 0 Å². The molecule has 0 radical (unpaired) electrons. The number of nitrogens with zero attached hydrogens (tertiary/aromatic N) is 2. The zero-order valence-corrected chi connectivity index (χ0v) is 14.3. The first-order chi connectivity index (χ1) is 12.6. The molecule has 0 aliphatic rings. The molecule has 1 N–H and O–H groups in total. The van der Waals surface area contributed by atoms with Crippen molar-refractivity contribution in [2.75, 3.05) is 11.9 Å². The average Bonchev–Trinajstić information content (AvgIpc) is 3.09. The molecule has 0 unspecified atom stereocenters. The molecule has 2 aromatic heterocycles. The molecule has 132 valence electrons. The average molecular weight is 371 g/mol. The third kappa shape index (κ3) is 4.93. The van der Waals surface area contributed by atoms with Crippen LogP contribution in [0.5, 0.6) is 0 Å². The summed E-state index contributed by atoms with van der Waals surface area (Å²) in [5, 5.41) is 4.97. The summed E-state index contributed by atoms with van der Waals surface area (Å²) in [7, 11) is 0. The highest BCUT2D eigenvalue weighted by molar-refractivity contribution is 7.13. The lowest BCUT2D eigenvalue weighted by atomic mass is 10.3. The van der Waals surface area contributed by atoms with E-state index in [9.17, 15) is 14.0 Å². The Morgan fingerprint density at radius 3 is 2.88 bits per heavy atom. The number of thiazole rings is 1. The predicted molar refractivity (Wildman–Crippen MR) is 95.0 cm³/mol. The predicted octanol–water partition coefficient (Wildman–Crippen LogP) is 3.07. The van der Waals surface area contributed by atoms with E-state index in [-0.39, 0.29) is 6.42 Å². The highest BCUT2D eigenvalue weighted by atomic mass is 32.1. The van der Waals surface area contributed by atoms with Crippen LogP contribution in [0.3, 0.4) is 0 Å². The molecule has 8 heteroatoms. The Hall–Kier alpha value is -3.13. The van der Waals surface area contributed by atoms with Crippen molar-refractivity contribution in [3.05, 3.63) is 65.7 Å². The molecule has 0 saturated carbocycles. The minimum atomic E-state index is -0.567. The largest absolute Gasteiger partial charge is 0.455 e. The van der Waals surface area contributed by atoms with Gasteiger partial charge in [0.1, 0.15) is 10.8 Å². The van der Waals surface area contributed by atoms with Gasteiger partial charge < -0.3 is 10.1 Å². The lowest BCUT2D eigenvalue weighted by Gasteiger charge is -2.06. The molecule has 3 rings (SSSR count). The molecule has 2 heterocycles. The maximum Gasteiger partial charge on any atom is 0.312 e. The summed E-state index contributed by atoms with van der Waals surface area (Å²) in [5.41, 5.74) is 1.72. The van der Waals surface area contributed by atoms with Gasteiger partial charge in [-0.1, -0.05) is 6.07 Å². The highest BCUT2D eigenvalue weighted by Gasteiger charge is 2.12. The Balaban J connectivity index is 1.48. The molecule has 26 heavy (non-hydrogen) atoms. The Labute approximate surface area is 152 Å². The van der Waals surface area contributed by atoms with Crippen molar-refractivity contribution in [2.24, 2.45) is 0 Å². The number of carbonyl (C=O) groups is 2. The number of esters is 1. The number of ether oxygens (including phenoxy) is 1. The molecular formula is C18H14FN3O3S. The maximum atomic E-state index is 13.1. The van der Waals surface area contributed by atoms with Crippen molar-refractivity contribution in [3.63, 3.8) is 0 Å². The standard InChI is InChI=1S/C18H14FN3O3S/c19-13-4-1-5-14(7-13)21-16(23)10-25-17(24)8-15-11-26-18(22-15)12-3-2-6-20-9-12/h1-7,9,11H,8,10H2,(H,21,23). The molecule has 0 fully saturated rings. The zero-order valence-electron chi connectivity index (χ0n) is 13.5. The third-order valence-corrected chi connectivity index (χ3v) is 4.20. The first kappa shape index (κ1) is 17.7. The van der Waals surface area contributed by atoms with Gasteiger partial charge in [-0.15, -0.1) is 11.3 Å². The summed E-state index contributed by atoms with van der Waals surface area (Å²) >= 11 is 1.40. The van der Waals surface area contributed by atoms with E-state index < -0.39 is 24.3 Å². The Kier molecular flexibility index (Phi) is 5.65. The number of hydrogen-bond acceptors (Lipinski definition) is 6. The van der Waals surface area contributed by atoms with Crippen molar-refractivity contribution in [1.29, 1.82) is 0 Å². The van der Waals surface area contributed by atoms with E-state index >= 15 is 0 Å². The molecule has 0 aliphatic heterocycles. The quantitative estimate of drug-likeness (QED) is 0.674. The number of nitrogens with one attached hydrogen (secondary N) is 1. The van der Waals surface area contributed by atoms with Crippen LogP contribution < -0.4 is 5.32 Å². The second-order valence-electron chi connectivity index (χ2n) is 5.28. The molecule has 0 aliphatic carbocycles. The number of carbonyl (C=O) groups excluding carboxylic acids is 2. The third-order valence-electron chi connectivity index (χ3n) is 3.26. The van der Waals surface area contributed by atoms with Crippen molar-refractivity contribution < 1.29 is 18.7 Å². The number of anilines is 1. The van der Waals surface area contributed by atoms with E-state index in [1.54, 1.807) is 17.8 Å². The Morgan fingerprint density at radius 2 is 2.12 bits per heavy atom. The number of hydrogen-bond donors (Lipinski definition) is 1. The molecule has 0 bridgehead atoms. The fraction of sp³-hybridized carbons (Fsp3) is 0.111. The topological polar surface area (TPSA) is 81.2 Å². The smallest absolute Gasteiger partial charge is 0.312 e. The molecular weight excluding hydrogens is 357 g/mol. The lowest BCUT2D eigenvalue weighted by Crippen LogP contribution is -2.21. The number of aromatic nitrogens is 2. The number of benzene rings is 1. The molecule has 0 spiro atoms. The Bertz CT molecular complexity index is 915. The van der Waals surface area contributed by atoms with Gasteiger partial charge in [-0.05, 0) is 30.3 Å². The first-order valence-electron chi connectivity index (χ1n) is 7.66. The van der Waals surface area contributed by atoms with Crippen LogP contribution in [0, 0.1) is 5.82 Å². The fourth-order valence-corrected chi connectivity index (χ4v) is 2.93. The van der Waals surface area contributed by atoms with E-state index in [4.69, 9.17) is 4.74 Å². The van der Waals surface area contributed by atoms with Gasteiger partial charge >= 0.3 is 5.97 Å². The molecule has 0 saturated heterocycles. The van der Waals surface area contributed by atoms with Crippen LogP contribution in [0.4, 0.5) is 10.1 Å². The molecule has 0 atom stereocenters. The van der Waals surface area contributed by atoms with Gasteiger partial charge in [0.15, 0.2) is 6.61 Å². The summed E-state index contributed by atoms with van der Waals surface area (Å²) in [6.07, 6.45) is 3.33. The van der Waals surface area contributed by atoms with E-state index in [1.807, 2.05) is 12.1 Å². The van der Waals surface area contributed by atoms with E-state index in [2.05, 4.69) is 15.3 Å². The van der Waals surface area contributed by atoms with Gasteiger partial charge in [0, 0.05) is 29.0 Å². The SMILES string of the molecule is O=C(COC(=O)Cc1csc(-c2cccnc2)n1)Nc1cccc(F)c1. The first-order valence-corrected chi connectivity index (χ1v) is 8.54. The van der Waals surface area contributed by atoms with Crippen LogP contribution in [-0.4, -0.2) is 28.5 Å². The number of pyridine rings is 1. The van der Waals surface area contributed by atoms with E-state index in [1.165, 1.54) is 35.6 Å². The second-order valence-corrected chi connectivity index (χ2v) is 6.14. The van der Waals surface area contributed by atoms with Crippen LogP contribution in [0.25, 0.3) is 10.6 Å². The fourth-order valence-electron chi connectivity index (χ4n) is 2.12. The van der Waals surface area contributed by atoms with Crippen molar-refractivity contribution >= 4 is 28.9 Å². The van der Waals surface area contributed by atoms with Crippen LogP contribution in [-0.2, 0) is 20.7 Å². The number of halogens is 1. The van der Waals surface area contributed by atoms with Crippen LogP contribution in [0.1, 0.15) is 5.69 Å². The summed E-state index contributed by atoms with van der Waals surface area (Å²) in [6, 6.07) is 9.14. The van der Waals surface area contributed by atoms with Gasteiger partial charge in [-0.2, -0.15) is 0 Å². The van der Waals surface area contributed by atoms with Gasteiger partial charge in [0.05, 0.1) is 12.1 Å². The summed E-state index contributed by atoms with van der Waals surface area (Å²) < 4.78 is 18.0. The number of amides is 1.